The Labute approximate surface area is 85.4 Å². The van der Waals surface area contributed by atoms with Crippen LogP contribution < -0.4 is 0 Å². The van der Waals surface area contributed by atoms with Gasteiger partial charge in [-0.15, -0.1) is 0 Å². The van der Waals surface area contributed by atoms with Gasteiger partial charge in [-0.2, -0.15) is 0 Å². The Morgan fingerprint density at radius 3 is 1.62 bits per heavy atom. The van der Waals surface area contributed by atoms with E-state index in [2.05, 4.69) is 13.8 Å². The van der Waals surface area contributed by atoms with E-state index in [1.54, 1.807) is 0 Å². The summed E-state index contributed by atoms with van der Waals surface area (Å²) < 4.78 is 11.5. The summed E-state index contributed by atoms with van der Waals surface area (Å²) in [6.07, 6.45) is 2.28. The van der Waals surface area contributed by atoms with Crippen molar-refractivity contribution in [2.75, 3.05) is 13.2 Å². The number of hydrogen-bond acceptors (Lipinski definition) is 2. The average Bonchev–Trinajstić information content (AvgIpc) is 2.07. The van der Waals surface area contributed by atoms with Crippen molar-refractivity contribution in [3.05, 3.63) is 0 Å². The van der Waals surface area contributed by atoms with E-state index in [4.69, 9.17) is 9.47 Å². The first-order chi connectivity index (χ1) is 6.14. The van der Waals surface area contributed by atoms with Gasteiger partial charge in [0.1, 0.15) is 5.41 Å². The van der Waals surface area contributed by atoms with Crippen LogP contribution in [0.4, 0.5) is 0 Å². The Kier molecular flexibility index (Phi) is 6.64. The molecular formula is C10H24O2Si. The summed E-state index contributed by atoms with van der Waals surface area (Å²) in [6, 6.07) is 0. The molecule has 0 unspecified atom stereocenters. The van der Waals surface area contributed by atoms with E-state index in [-0.39, 0.29) is 5.41 Å². The van der Waals surface area contributed by atoms with Gasteiger partial charge in [0.05, 0.1) is 10.2 Å². The molecule has 0 spiro atoms. The van der Waals surface area contributed by atoms with Crippen molar-refractivity contribution in [3.8, 4) is 0 Å². The van der Waals surface area contributed by atoms with Crippen molar-refractivity contribution in [1.82, 2.24) is 0 Å². The van der Waals surface area contributed by atoms with Gasteiger partial charge in [0, 0.05) is 19.1 Å². The van der Waals surface area contributed by atoms with E-state index in [0.717, 1.165) is 36.3 Å². The summed E-state index contributed by atoms with van der Waals surface area (Å²) in [5, 5.41) is 0. The van der Waals surface area contributed by atoms with Crippen LogP contribution in [0.2, 0.25) is 0 Å². The lowest BCUT2D eigenvalue weighted by atomic mass is 10.0. The minimum atomic E-state index is -0.243. The largest absolute Gasteiger partial charge is 0.355 e. The predicted octanol–water partition coefficient (Wildman–Crippen LogP) is 1.51. The fourth-order valence-corrected chi connectivity index (χ4v) is 3.27. The number of hydrogen-bond donors (Lipinski definition) is 0. The van der Waals surface area contributed by atoms with E-state index in [0.29, 0.717) is 5.92 Å². The summed E-state index contributed by atoms with van der Waals surface area (Å²) in [4.78, 5) is 0. The van der Waals surface area contributed by atoms with E-state index in [1.165, 1.54) is 0 Å². The normalized spacial score (nSPS) is 12.7. The molecule has 0 radical (unpaired) electrons. The third-order valence-corrected chi connectivity index (χ3v) is 3.98. The van der Waals surface area contributed by atoms with Crippen molar-refractivity contribution in [1.29, 1.82) is 0 Å². The highest BCUT2D eigenvalue weighted by Crippen LogP contribution is 2.26. The van der Waals surface area contributed by atoms with Crippen molar-refractivity contribution < 1.29 is 9.47 Å². The molecule has 0 aromatic rings. The Hall–Kier alpha value is 0.137. The fraction of sp³-hybridized carbons (Fsp3) is 1.00. The maximum Gasteiger partial charge on any atom is 0.144 e. The molecule has 0 atom stereocenters. The summed E-state index contributed by atoms with van der Waals surface area (Å²) in [5.74, 6) is 0.555. The third kappa shape index (κ3) is 3.79. The minimum Gasteiger partial charge on any atom is -0.355 e. The second-order valence-corrected chi connectivity index (χ2v) is 4.79. The maximum atomic E-state index is 5.75. The van der Waals surface area contributed by atoms with Gasteiger partial charge in [-0.1, -0.05) is 13.8 Å². The Bertz CT molecular complexity index is 118. The maximum absolute atomic E-state index is 5.75. The molecule has 0 rings (SSSR count). The van der Waals surface area contributed by atoms with Crippen LogP contribution in [0.3, 0.4) is 0 Å². The van der Waals surface area contributed by atoms with Crippen LogP contribution in [0, 0.1) is 5.92 Å². The third-order valence-electron chi connectivity index (χ3n) is 2.59. The molecule has 0 N–H and O–H groups in total. The highest BCUT2D eigenvalue weighted by Gasteiger charge is 2.32. The molecule has 80 valence electrons. The number of rotatable bonds is 7. The molecule has 13 heavy (non-hydrogen) atoms. The van der Waals surface area contributed by atoms with E-state index in [9.17, 15) is 0 Å². The van der Waals surface area contributed by atoms with E-state index < -0.39 is 0 Å². The van der Waals surface area contributed by atoms with Gasteiger partial charge in [-0.25, -0.2) is 0 Å². The zero-order valence-corrected chi connectivity index (χ0v) is 11.7. The molecule has 0 amide bonds. The molecule has 0 fully saturated rings. The summed E-state index contributed by atoms with van der Waals surface area (Å²) >= 11 is 0. The molecule has 0 bridgehead atoms. The van der Waals surface area contributed by atoms with Crippen molar-refractivity contribution in [2.45, 2.75) is 45.9 Å². The average molecular weight is 204 g/mol. The van der Waals surface area contributed by atoms with Gasteiger partial charge in [0.25, 0.3) is 0 Å². The lowest BCUT2D eigenvalue weighted by Gasteiger charge is -2.36. The summed E-state index contributed by atoms with van der Waals surface area (Å²) in [5.41, 5.74) is -0.243. The molecule has 0 saturated carbocycles. The van der Waals surface area contributed by atoms with Gasteiger partial charge in [0.15, 0.2) is 0 Å². The second-order valence-electron chi connectivity index (χ2n) is 3.40. The molecule has 0 heterocycles. The first-order valence-electron chi connectivity index (χ1n) is 5.42. The van der Waals surface area contributed by atoms with Gasteiger partial charge >= 0.3 is 0 Å². The van der Waals surface area contributed by atoms with Gasteiger partial charge in [-0.3, -0.25) is 0 Å². The predicted molar refractivity (Wildman–Crippen MR) is 60.0 cm³/mol. The zero-order chi connectivity index (χ0) is 10.3. The minimum absolute atomic E-state index is 0.243. The zero-order valence-electron chi connectivity index (χ0n) is 9.72. The monoisotopic (exact) mass is 204 g/mol. The van der Waals surface area contributed by atoms with Gasteiger partial charge < -0.3 is 9.47 Å². The standard InChI is InChI=1S/C10H24O2Si/c1-5-9(6-2)10(13,11-7-3)12-8-4/h9H,5-8H2,1-4,13H3. The molecule has 3 heteroatoms. The first-order valence-corrected chi connectivity index (χ1v) is 6.42. The van der Waals surface area contributed by atoms with E-state index in [1.807, 2.05) is 13.8 Å². The van der Waals surface area contributed by atoms with Crippen LogP contribution in [0.15, 0.2) is 0 Å². The highest BCUT2D eigenvalue weighted by molar-refractivity contribution is 6.13. The van der Waals surface area contributed by atoms with Gasteiger partial charge in [0.2, 0.25) is 0 Å². The quantitative estimate of drug-likeness (QED) is 0.462. The van der Waals surface area contributed by atoms with Crippen LogP contribution in [0.25, 0.3) is 0 Å². The van der Waals surface area contributed by atoms with Crippen molar-refractivity contribution >= 4 is 10.2 Å². The van der Waals surface area contributed by atoms with Gasteiger partial charge in [-0.05, 0) is 26.7 Å². The first kappa shape index (κ1) is 13.1. The molecule has 0 aromatic heterocycles. The molecular weight excluding hydrogens is 180 g/mol. The van der Waals surface area contributed by atoms with E-state index >= 15 is 0 Å². The fourth-order valence-electron chi connectivity index (χ4n) is 1.88. The lowest BCUT2D eigenvalue weighted by Crippen LogP contribution is -2.44. The Morgan fingerprint density at radius 2 is 1.38 bits per heavy atom. The topological polar surface area (TPSA) is 18.5 Å². The summed E-state index contributed by atoms with van der Waals surface area (Å²) in [7, 11) is 0.946. The van der Waals surface area contributed by atoms with Crippen LogP contribution in [-0.4, -0.2) is 28.9 Å². The molecule has 0 aliphatic heterocycles. The summed E-state index contributed by atoms with van der Waals surface area (Å²) in [6.45, 7) is 9.99. The van der Waals surface area contributed by atoms with Crippen molar-refractivity contribution in [3.63, 3.8) is 0 Å². The number of ether oxygens (including phenoxy) is 2. The molecule has 0 aliphatic carbocycles. The van der Waals surface area contributed by atoms with Crippen LogP contribution in [0.5, 0.6) is 0 Å². The molecule has 0 aromatic carbocycles. The highest BCUT2D eigenvalue weighted by atomic mass is 28.1. The smallest absolute Gasteiger partial charge is 0.144 e. The van der Waals surface area contributed by atoms with Crippen molar-refractivity contribution in [2.24, 2.45) is 5.92 Å². The molecule has 2 nitrogen and oxygen atoms in total. The SMILES string of the molecule is CCOC([SiH3])(OCC)C(CC)CC. The molecule has 0 aliphatic rings. The Balaban J connectivity index is 4.33. The van der Waals surface area contributed by atoms with Crippen LogP contribution in [-0.2, 0) is 9.47 Å². The molecule has 0 saturated heterocycles. The van der Waals surface area contributed by atoms with Crippen LogP contribution >= 0.6 is 0 Å². The lowest BCUT2D eigenvalue weighted by molar-refractivity contribution is -0.205. The second kappa shape index (κ2) is 6.57. The van der Waals surface area contributed by atoms with Crippen LogP contribution in [0.1, 0.15) is 40.5 Å². The Morgan fingerprint density at radius 1 is 1.00 bits per heavy atom.